The topological polar surface area (TPSA) is 110 Å². The SMILES string of the molecule is Cc1ccc(C(=O)CN2C(=O)N[C@@](C)(c3ccccc3Cl)C2=O)cc1[N+](=O)[O-]. The molecule has 0 radical (unpaired) electrons. The van der Waals surface area contributed by atoms with Crippen LogP contribution in [0.15, 0.2) is 42.5 Å². The fourth-order valence-corrected chi connectivity index (χ4v) is 3.43. The van der Waals surface area contributed by atoms with Crippen molar-refractivity contribution in [3.05, 3.63) is 74.3 Å². The summed E-state index contributed by atoms with van der Waals surface area (Å²) in [6, 6.07) is 9.89. The van der Waals surface area contributed by atoms with E-state index in [1.807, 2.05) is 0 Å². The third-order valence-electron chi connectivity index (χ3n) is 4.72. The summed E-state index contributed by atoms with van der Waals surface area (Å²) in [5.41, 5.74) is -0.749. The molecular weight excluding hydrogens is 386 g/mol. The molecule has 2 aromatic rings. The monoisotopic (exact) mass is 401 g/mol. The van der Waals surface area contributed by atoms with Crippen molar-refractivity contribution in [2.24, 2.45) is 0 Å². The summed E-state index contributed by atoms with van der Waals surface area (Å²) in [4.78, 5) is 49.1. The Hall–Kier alpha value is -3.26. The number of hydrogen-bond donors (Lipinski definition) is 1. The maximum absolute atomic E-state index is 12.9. The third kappa shape index (κ3) is 3.22. The molecule has 0 aliphatic carbocycles. The second-order valence-corrected chi connectivity index (χ2v) is 7.02. The van der Waals surface area contributed by atoms with E-state index in [1.165, 1.54) is 19.1 Å². The number of nitrogens with one attached hydrogen (secondary N) is 1. The highest BCUT2D eigenvalue weighted by Gasteiger charge is 2.50. The number of amides is 3. The maximum atomic E-state index is 12.9. The normalized spacial score (nSPS) is 18.9. The molecule has 1 fully saturated rings. The van der Waals surface area contributed by atoms with Crippen LogP contribution in [0.2, 0.25) is 5.02 Å². The molecule has 1 atom stereocenters. The predicted molar refractivity (Wildman–Crippen MR) is 101 cm³/mol. The Morgan fingerprint density at radius 1 is 1.25 bits per heavy atom. The number of imide groups is 1. The molecule has 2 aromatic carbocycles. The van der Waals surface area contributed by atoms with Crippen LogP contribution in [-0.4, -0.2) is 34.1 Å². The molecule has 0 saturated carbocycles. The first-order chi connectivity index (χ1) is 13.1. The Kier molecular flexibility index (Phi) is 4.91. The van der Waals surface area contributed by atoms with Gasteiger partial charge in [-0.3, -0.25) is 24.6 Å². The van der Waals surface area contributed by atoms with Crippen LogP contribution >= 0.6 is 11.6 Å². The fourth-order valence-electron chi connectivity index (χ4n) is 3.10. The number of carbonyl (C=O) groups is 3. The van der Waals surface area contributed by atoms with Gasteiger partial charge in [0.2, 0.25) is 0 Å². The van der Waals surface area contributed by atoms with Crippen LogP contribution in [0.3, 0.4) is 0 Å². The molecule has 1 saturated heterocycles. The zero-order chi connectivity index (χ0) is 20.6. The average Bonchev–Trinajstić information content (AvgIpc) is 2.86. The quantitative estimate of drug-likeness (QED) is 0.358. The Bertz CT molecular complexity index is 1020. The van der Waals surface area contributed by atoms with Crippen LogP contribution < -0.4 is 5.32 Å². The molecule has 144 valence electrons. The van der Waals surface area contributed by atoms with Crippen LogP contribution in [0.5, 0.6) is 0 Å². The van der Waals surface area contributed by atoms with E-state index in [-0.39, 0.29) is 11.3 Å². The standard InChI is InChI=1S/C19H16ClN3O5/c1-11-7-8-12(9-15(11)23(27)28)16(24)10-22-17(25)19(2,21-18(22)26)13-5-3-4-6-14(13)20/h3-9H,10H2,1-2H3,(H,21,26)/t19-/m0/s1. The summed E-state index contributed by atoms with van der Waals surface area (Å²) in [6.07, 6.45) is 0. The van der Waals surface area contributed by atoms with Crippen molar-refractivity contribution in [1.82, 2.24) is 10.2 Å². The number of benzene rings is 2. The van der Waals surface area contributed by atoms with Gasteiger partial charge in [0.05, 0.1) is 11.5 Å². The van der Waals surface area contributed by atoms with Gasteiger partial charge in [-0.2, -0.15) is 0 Å². The number of rotatable bonds is 5. The molecule has 3 rings (SSSR count). The Balaban J connectivity index is 1.87. The molecule has 3 amide bonds. The van der Waals surface area contributed by atoms with Crippen molar-refractivity contribution in [2.75, 3.05) is 6.54 Å². The second-order valence-electron chi connectivity index (χ2n) is 6.61. The summed E-state index contributed by atoms with van der Waals surface area (Å²) >= 11 is 6.17. The zero-order valence-electron chi connectivity index (χ0n) is 15.1. The summed E-state index contributed by atoms with van der Waals surface area (Å²) < 4.78 is 0. The van der Waals surface area contributed by atoms with Crippen molar-refractivity contribution >= 4 is 35.0 Å². The smallest absolute Gasteiger partial charge is 0.319 e. The molecule has 0 spiro atoms. The molecule has 0 bridgehead atoms. The molecular formula is C19H16ClN3O5. The minimum absolute atomic E-state index is 0.0456. The van der Waals surface area contributed by atoms with Gasteiger partial charge in [-0.25, -0.2) is 4.79 Å². The lowest BCUT2D eigenvalue weighted by Crippen LogP contribution is -2.41. The lowest BCUT2D eigenvalue weighted by atomic mass is 9.92. The average molecular weight is 402 g/mol. The lowest BCUT2D eigenvalue weighted by molar-refractivity contribution is -0.385. The molecule has 28 heavy (non-hydrogen) atoms. The minimum atomic E-state index is -1.41. The van der Waals surface area contributed by atoms with Gasteiger partial charge in [-0.15, -0.1) is 0 Å². The third-order valence-corrected chi connectivity index (χ3v) is 5.05. The molecule has 0 unspecified atom stereocenters. The molecule has 9 heteroatoms. The van der Waals surface area contributed by atoms with Gasteiger partial charge in [0.25, 0.3) is 11.6 Å². The van der Waals surface area contributed by atoms with Gasteiger partial charge < -0.3 is 5.32 Å². The number of urea groups is 1. The van der Waals surface area contributed by atoms with Gasteiger partial charge in [-0.1, -0.05) is 41.9 Å². The Morgan fingerprint density at radius 2 is 1.93 bits per heavy atom. The number of nitro benzene ring substituents is 1. The Morgan fingerprint density at radius 3 is 2.57 bits per heavy atom. The van der Waals surface area contributed by atoms with E-state index < -0.39 is 34.7 Å². The lowest BCUT2D eigenvalue weighted by Gasteiger charge is -2.23. The van der Waals surface area contributed by atoms with Crippen LogP contribution in [0.25, 0.3) is 0 Å². The minimum Gasteiger partial charge on any atom is -0.319 e. The van der Waals surface area contributed by atoms with E-state index in [1.54, 1.807) is 31.2 Å². The number of Topliss-reactive ketones (excluding diaryl/α,β-unsaturated/α-hetero) is 1. The number of nitrogens with zero attached hydrogens (tertiary/aromatic N) is 2. The number of carbonyl (C=O) groups excluding carboxylic acids is 3. The highest BCUT2D eigenvalue weighted by atomic mass is 35.5. The fraction of sp³-hybridized carbons (Fsp3) is 0.211. The first-order valence-corrected chi connectivity index (χ1v) is 8.70. The maximum Gasteiger partial charge on any atom is 0.325 e. The number of hydrogen-bond acceptors (Lipinski definition) is 5. The predicted octanol–water partition coefficient (Wildman–Crippen LogP) is 3.21. The summed E-state index contributed by atoms with van der Waals surface area (Å²) in [7, 11) is 0. The van der Waals surface area contributed by atoms with E-state index >= 15 is 0 Å². The summed E-state index contributed by atoms with van der Waals surface area (Å²) in [6.45, 7) is 2.53. The van der Waals surface area contributed by atoms with Gasteiger partial charge in [-0.05, 0) is 19.9 Å². The van der Waals surface area contributed by atoms with E-state index in [0.717, 1.165) is 11.0 Å². The highest BCUT2D eigenvalue weighted by molar-refractivity contribution is 6.32. The number of halogens is 1. The summed E-state index contributed by atoms with van der Waals surface area (Å²) in [5.74, 6) is -1.21. The largest absolute Gasteiger partial charge is 0.325 e. The van der Waals surface area contributed by atoms with Crippen LogP contribution in [0, 0.1) is 17.0 Å². The molecule has 1 N–H and O–H groups in total. The molecule has 1 aliphatic rings. The van der Waals surface area contributed by atoms with Crippen LogP contribution in [0.1, 0.15) is 28.4 Å². The van der Waals surface area contributed by atoms with Crippen LogP contribution in [-0.2, 0) is 10.3 Å². The van der Waals surface area contributed by atoms with Crippen molar-refractivity contribution in [1.29, 1.82) is 0 Å². The van der Waals surface area contributed by atoms with E-state index in [4.69, 9.17) is 11.6 Å². The van der Waals surface area contributed by atoms with E-state index in [2.05, 4.69) is 5.32 Å². The zero-order valence-corrected chi connectivity index (χ0v) is 15.8. The first-order valence-electron chi connectivity index (χ1n) is 8.32. The van der Waals surface area contributed by atoms with E-state index in [9.17, 15) is 24.5 Å². The van der Waals surface area contributed by atoms with Gasteiger partial charge in [0.1, 0.15) is 5.54 Å². The van der Waals surface area contributed by atoms with Crippen LogP contribution in [0.4, 0.5) is 10.5 Å². The van der Waals surface area contributed by atoms with Crippen molar-refractivity contribution < 1.29 is 19.3 Å². The molecule has 1 aliphatic heterocycles. The van der Waals surface area contributed by atoms with Crippen molar-refractivity contribution in [3.8, 4) is 0 Å². The van der Waals surface area contributed by atoms with Gasteiger partial charge >= 0.3 is 6.03 Å². The van der Waals surface area contributed by atoms with Gasteiger partial charge in [0, 0.05) is 27.8 Å². The number of ketones is 1. The van der Waals surface area contributed by atoms with Crippen molar-refractivity contribution in [2.45, 2.75) is 19.4 Å². The summed E-state index contributed by atoms with van der Waals surface area (Å²) in [5, 5.41) is 14.0. The molecule has 0 aromatic heterocycles. The highest BCUT2D eigenvalue weighted by Crippen LogP contribution is 2.33. The second kappa shape index (κ2) is 7.05. The Labute approximate surface area is 165 Å². The van der Waals surface area contributed by atoms with Gasteiger partial charge in [0.15, 0.2) is 5.78 Å². The number of aryl methyl sites for hydroxylation is 1. The first kappa shape index (κ1) is 19.5. The van der Waals surface area contributed by atoms with E-state index in [0.29, 0.717) is 16.1 Å². The molecule has 8 nitrogen and oxygen atoms in total. The number of nitro groups is 1. The molecule has 1 heterocycles. The van der Waals surface area contributed by atoms with Crippen molar-refractivity contribution in [3.63, 3.8) is 0 Å².